The van der Waals surface area contributed by atoms with Crippen molar-refractivity contribution in [3.8, 4) is 0 Å². The first-order valence-electron chi connectivity index (χ1n) is 6.80. The third kappa shape index (κ3) is 5.02. The standard InChI is InChI=1S/C15H18N2O4/c18-14(19)7-3-4-8-21-15(20)17-13-9-11-5-1-2-6-12(11)10-16-13/h1-2,5-6,9-10,14,18-19H,3-4,7-8H2,(H,16,17,20). The van der Waals surface area contributed by atoms with Gasteiger partial charge in [0.05, 0.1) is 6.61 Å². The predicted octanol–water partition coefficient (Wildman–Crippen LogP) is 2.26. The van der Waals surface area contributed by atoms with E-state index in [0.29, 0.717) is 18.7 Å². The Kier molecular flexibility index (Phi) is 5.48. The molecule has 21 heavy (non-hydrogen) atoms. The highest BCUT2D eigenvalue weighted by molar-refractivity contribution is 5.89. The topological polar surface area (TPSA) is 91.7 Å². The van der Waals surface area contributed by atoms with E-state index in [1.807, 2.05) is 24.3 Å². The summed E-state index contributed by atoms with van der Waals surface area (Å²) in [6.07, 6.45) is 1.25. The van der Waals surface area contributed by atoms with E-state index in [0.717, 1.165) is 10.8 Å². The van der Waals surface area contributed by atoms with Crippen LogP contribution in [0.3, 0.4) is 0 Å². The highest BCUT2D eigenvalue weighted by Gasteiger charge is 2.05. The molecule has 6 heteroatoms. The first-order chi connectivity index (χ1) is 10.1. The Morgan fingerprint density at radius 3 is 2.76 bits per heavy atom. The van der Waals surface area contributed by atoms with E-state index in [1.54, 1.807) is 12.3 Å². The van der Waals surface area contributed by atoms with Crippen molar-refractivity contribution in [2.45, 2.75) is 25.6 Å². The fraction of sp³-hybridized carbons (Fsp3) is 0.333. The number of carbonyl (C=O) groups excluding carboxylic acids is 1. The predicted molar refractivity (Wildman–Crippen MR) is 78.8 cm³/mol. The number of amides is 1. The van der Waals surface area contributed by atoms with Gasteiger partial charge in [-0.2, -0.15) is 0 Å². The molecule has 0 saturated heterocycles. The van der Waals surface area contributed by atoms with Crippen LogP contribution in [0.1, 0.15) is 19.3 Å². The number of aromatic nitrogens is 1. The van der Waals surface area contributed by atoms with E-state index in [2.05, 4.69) is 10.3 Å². The van der Waals surface area contributed by atoms with Crippen molar-refractivity contribution in [3.05, 3.63) is 36.5 Å². The van der Waals surface area contributed by atoms with Crippen molar-refractivity contribution < 1.29 is 19.7 Å². The number of nitrogens with one attached hydrogen (secondary N) is 1. The summed E-state index contributed by atoms with van der Waals surface area (Å²) >= 11 is 0. The fourth-order valence-corrected chi connectivity index (χ4v) is 1.89. The molecular weight excluding hydrogens is 272 g/mol. The number of fused-ring (bicyclic) bond motifs is 1. The smallest absolute Gasteiger partial charge is 0.412 e. The molecule has 3 N–H and O–H groups in total. The van der Waals surface area contributed by atoms with Crippen LogP contribution in [0, 0.1) is 0 Å². The Morgan fingerprint density at radius 1 is 1.24 bits per heavy atom. The lowest BCUT2D eigenvalue weighted by Crippen LogP contribution is -2.15. The Labute approximate surface area is 122 Å². The lowest BCUT2D eigenvalue weighted by molar-refractivity contribution is -0.0470. The summed E-state index contributed by atoms with van der Waals surface area (Å²) in [5, 5.41) is 21.9. The second kappa shape index (κ2) is 7.56. The molecule has 112 valence electrons. The van der Waals surface area contributed by atoms with Crippen molar-refractivity contribution in [2.24, 2.45) is 0 Å². The average molecular weight is 290 g/mol. The van der Waals surface area contributed by atoms with Crippen LogP contribution in [-0.2, 0) is 4.74 Å². The molecule has 0 fully saturated rings. The van der Waals surface area contributed by atoms with Crippen LogP contribution in [0.2, 0.25) is 0 Å². The number of pyridine rings is 1. The number of aliphatic hydroxyl groups is 2. The van der Waals surface area contributed by atoms with Gasteiger partial charge in [0.25, 0.3) is 0 Å². The minimum atomic E-state index is -1.30. The second-order valence-electron chi connectivity index (χ2n) is 4.65. The van der Waals surface area contributed by atoms with Crippen LogP contribution in [0.5, 0.6) is 0 Å². The first-order valence-corrected chi connectivity index (χ1v) is 6.80. The zero-order valence-electron chi connectivity index (χ0n) is 11.5. The van der Waals surface area contributed by atoms with Crippen LogP contribution in [0.15, 0.2) is 36.5 Å². The van der Waals surface area contributed by atoms with Gasteiger partial charge in [0.15, 0.2) is 6.29 Å². The van der Waals surface area contributed by atoms with Crippen LogP contribution < -0.4 is 5.32 Å². The highest BCUT2D eigenvalue weighted by Crippen LogP contribution is 2.16. The normalized spacial score (nSPS) is 10.8. The monoisotopic (exact) mass is 290 g/mol. The summed E-state index contributed by atoms with van der Waals surface area (Å²) in [6, 6.07) is 9.50. The fourth-order valence-electron chi connectivity index (χ4n) is 1.89. The highest BCUT2D eigenvalue weighted by atomic mass is 16.5. The number of unbranched alkanes of at least 4 members (excludes halogenated alkanes) is 1. The van der Waals surface area contributed by atoms with Crippen molar-refractivity contribution in [2.75, 3.05) is 11.9 Å². The zero-order chi connectivity index (χ0) is 15.1. The largest absolute Gasteiger partial charge is 0.449 e. The molecule has 1 aromatic heterocycles. The van der Waals surface area contributed by atoms with Crippen molar-refractivity contribution in [1.82, 2.24) is 4.98 Å². The molecule has 6 nitrogen and oxygen atoms in total. The quantitative estimate of drug-likeness (QED) is 0.560. The van der Waals surface area contributed by atoms with Crippen LogP contribution in [0.25, 0.3) is 10.8 Å². The van der Waals surface area contributed by atoms with Gasteiger partial charge in [0.2, 0.25) is 0 Å². The Balaban J connectivity index is 1.78. The molecule has 2 rings (SSSR count). The van der Waals surface area contributed by atoms with Crippen molar-refractivity contribution in [3.63, 3.8) is 0 Å². The molecule has 1 heterocycles. The molecule has 0 aliphatic heterocycles. The van der Waals surface area contributed by atoms with Gasteiger partial charge in [0, 0.05) is 11.6 Å². The van der Waals surface area contributed by atoms with Crippen LogP contribution in [-0.4, -0.2) is 34.2 Å². The molecule has 0 spiro atoms. The summed E-state index contributed by atoms with van der Waals surface area (Å²) in [7, 11) is 0. The molecule has 0 aliphatic rings. The SMILES string of the molecule is O=C(Nc1cc2ccccc2cn1)OCCCCC(O)O. The average Bonchev–Trinajstić information content (AvgIpc) is 2.46. The van der Waals surface area contributed by atoms with Gasteiger partial charge in [-0.25, -0.2) is 9.78 Å². The Bertz CT molecular complexity index is 601. The van der Waals surface area contributed by atoms with E-state index in [4.69, 9.17) is 14.9 Å². The van der Waals surface area contributed by atoms with Gasteiger partial charge < -0.3 is 14.9 Å². The van der Waals surface area contributed by atoms with Gasteiger partial charge in [0.1, 0.15) is 5.82 Å². The summed E-state index contributed by atoms with van der Waals surface area (Å²) < 4.78 is 4.99. The molecule has 0 saturated carbocycles. The minimum Gasteiger partial charge on any atom is -0.449 e. The third-order valence-electron chi connectivity index (χ3n) is 2.95. The molecular formula is C15H18N2O4. The van der Waals surface area contributed by atoms with E-state index in [-0.39, 0.29) is 13.0 Å². The number of aliphatic hydroxyl groups excluding tert-OH is 1. The van der Waals surface area contributed by atoms with Crippen molar-refractivity contribution in [1.29, 1.82) is 0 Å². The maximum Gasteiger partial charge on any atom is 0.412 e. The van der Waals surface area contributed by atoms with Gasteiger partial charge in [-0.15, -0.1) is 0 Å². The molecule has 0 unspecified atom stereocenters. The molecule has 1 aromatic carbocycles. The lowest BCUT2D eigenvalue weighted by atomic mass is 10.2. The van der Waals surface area contributed by atoms with Crippen LogP contribution in [0.4, 0.5) is 10.6 Å². The summed E-state index contributed by atoms with van der Waals surface area (Å²) in [5.74, 6) is 0.435. The van der Waals surface area contributed by atoms with E-state index >= 15 is 0 Å². The molecule has 0 radical (unpaired) electrons. The van der Waals surface area contributed by atoms with E-state index in [1.165, 1.54) is 0 Å². The Morgan fingerprint density at radius 2 is 2.00 bits per heavy atom. The first kappa shape index (κ1) is 15.2. The van der Waals surface area contributed by atoms with Crippen molar-refractivity contribution >= 4 is 22.7 Å². The third-order valence-corrected chi connectivity index (χ3v) is 2.95. The summed E-state index contributed by atoms with van der Waals surface area (Å²) in [5.41, 5.74) is 0. The maximum absolute atomic E-state index is 11.6. The number of benzene rings is 1. The van der Waals surface area contributed by atoms with Gasteiger partial charge in [-0.1, -0.05) is 24.3 Å². The number of nitrogens with zero attached hydrogens (tertiary/aromatic N) is 1. The van der Waals surface area contributed by atoms with E-state index in [9.17, 15) is 4.79 Å². The summed E-state index contributed by atoms with van der Waals surface area (Å²) in [4.78, 5) is 15.7. The maximum atomic E-state index is 11.6. The molecule has 1 amide bonds. The number of rotatable bonds is 6. The zero-order valence-corrected chi connectivity index (χ0v) is 11.5. The minimum absolute atomic E-state index is 0.228. The molecule has 0 bridgehead atoms. The summed E-state index contributed by atoms with van der Waals surface area (Å²) in [6.45, 7) is 0.228. The van der Waals surface area contributed by atoms with Gasteiger partial charge in [-0.05, 0) is 30.7 Å². The number of hydrogen-bond acceptors (Lipinski definition) is 5. The lowest BCUT2D eigenvalue weighted by Gasteiger charge is -2.07. The molecule has 0 atom stereocenters. The number of carbonyl (C=O) groups is 1. The van der Waals surface area contributed by atoms with Gasteiger partial charge >= 0.3 is 6.09 Å². The molecule has 2 aromatic rings. The van der Waals surface area contributed by atoms with Crippen LogP contribution >= 0.6 is 0 Å². The van der Waals surface area contributed by atoms with E-state index < -0.39 is 12.4 Å². The second-order valence-corrected chi connectivity index (χ2v) is 4.65. The number of anilines is 1. The van der Waals surface area contributed by atoms with Gasteiger partial charge in [-0.3, -0.25) is 5.32 Å². The Hall–Kier alpha value is -2.18. The number of ether oxygens (including phenoxy) is 1. The number of hydrogen-bond donors (Lipinski definition) is 3. The molecule has 0 aliphatic carbocycles.